The molecule has 41 heavy (non-hydrogen) atoms. The molecule has 3 heterocycles. The maximum atomic E-state index is 13.8. The quantitative estimate of drug-likeness (QED) is 0.463. The number of anilines is 3. The lowest BCUT2D eigenvalue weighted by molar-refractivity contribution is -0.137. The van der Waals surface area contributed by atoms with E-state index < -0.39 is 32.4 Å². The van der Waals surface area contributed by atoms with Crippen molar-refractivity contribution < 1.29 is 26.7 Å². The van der Waals surface area contributed by atoms with Crippen molar-refractivity contribution in [3.63, 3.8) is 0 Å². The average molecular weight is 596 g/mol. The van der Waals surface area contributed by atoms with Crippen LogP contribution in [0.3, 0.4) is 0 Å². The van der Waals surface area contributed by atoms with Crippen LogP contribution in [0, 0.1) is 12.3 Å². The van der Waals surface area contributed by atoms with Crippen molar-refractivity contribution in [3.05, 3.63) is 35.5 Å². The van der Waals surface area contributed by atoms with Gasteiger partial charge in [-0.15, -0.1) is 0 Å². The molecule has 0 amide bonds. The van der Waals surface area contributed by atoms with Gasteiger partial charge in [0, 0.05) is 31.0 Å². The molecule has 0 unspecified atom stereocenters. The molecule has 1 atom stereocenters. The van der Waals surface area contributed by atoms with Crippen molar-refractivity contribution in [2.45, 2.75) is 94.2 Å². The number of β-amino-alcohol motifs (C(OH)–C–C–N with tert-alkyl or cyclic N) is 1. The molecule has 1 aromatic heterocycles. The number of halogens is 3. The van der Waals surface area contributed by atoms with Gasteiger partial charge in [-0.25, -0.2) is 13.4 Å². The van der Waals surface area contributed by atoms with Crippen molar-refractivity contribution in [1.82, 2.24) is 14.9 Å². The first-order chi connectivity index (χ1) is 19.1. The first-order valence-corrected chi connectivity index (χ1v) is 15.9. The number of alkyl halides is 3. The van der Waals surface area contributed by atoms with E-state index in [0.717, 1.165) is 32.1 Å². The van der Waals surface area contributed by atoms with Crippen LogP contribution < -0.4 is 10.2 Å². The van der Waals surface area contributed by atoms with E-state index in [2.05, 4.69) is 34.0 Å². The molecule has 8 nitrogen and oxygen atoms in total. The summed E-state index contributed by atoms with van der Waals surface area (Å²) in [4.78, 5) is 12.3. The van der Waals surface area contributed by atoms with Crippen LogP contribution in [0.5, 0.6) is 0 Å². The van der Waals surface area contributed by atoms with Gasteiger partial charge in [-0.2, -0.15) is 18.2 Å². The Morgan fingerprint density at radius 3 is 2.39 bits per heavy atom. The third-order valence-corrected chi connectivity index (χ3v) is 11.3. The van der Waals surface area contributed by atoms with E-state index in [9.17, 15) is 26.7 Å². The lowest BCUT2D eigenvalue weighted by atomic mass is 9.63. The number of nitrogens with zero attached hydrogens (tertiary/aromatic N) is 4. The number of hydrogen-bond acceptors (Lipinski definition) is 8. The Balaban J connectivity index is 1.31. The van der Waals surface area contributed by atoms with Gasteiger partial charge in [0.1, 0.15) is 11.4 Å². The van der Waals surface area contributed by atoms with Crippen LogP contribution in [0.4, 0.5) is 30.6 Å². The SMILES string of the molecule is Cc1cc(S(=O)(=O)C2CC3(CCN(C(C)C)CC3)C2)ccc1Nc1ncc(C(F)(F)F)c(N2CCC[C@@](C)(O)C2)n1. The minimum Gasteiger partial charge on any atom is -0.388 e. The third kappa shape index (κ3) is 6.19. The highest BCUT2D eigenvalue weighted by molar-refractivity contribution is 7.92. The molecular weight excluding hydrogens is 555 g/mol. The zero-order valence-corrected chi connectivity index (χ0v) is 24.9. The highest BCUT2D eigenvalue weighted by atomic mass is 32.2. The zero-order chi connectivity index (χ0) is 29.8. The Labute approximate surface area is 240 Å². The van der Waals surface area contributed by atoms with E-state index in [1.807, 2.05) is 0 Å². The van der Waals surface area contributed by atoms with E-state index >= 15 is 0 Å². The monoisotopic (exact) mass is 595 g/mol. The molecule has 1 aliphatic carbocycles. The van der Waals surface area contributed by atoms with Crippen molar-refractivity contribution in [2.24, 2.45) is 5.41 Å². The normalized spacial score (nSPS) is 24.1. The predicted octanol–water partition coefficient (Wildman–Crippen LogP) is 5.33. The summed E-state index contributed by atoms with van der Waals surface area (Å²) in [6.45, 7) is 10.1. The van der Waals surface area contributed by atoms with Gasteiger partial charge in [-0.05, 0) is 108 Å². The summed E-state index contributed by atoms with van der Waals surface area (Å²) >= 11 is 0. The van der Waals surface area contributed by atoms with Crippen LogP contribution in [0.2, 0.25) is 0 Å². The summed E-state index contributed by atoms with van der Waals surface area (Å²) < 4.78 is 68.3. The second kappa shape index (κ2) is 10.7. The molecule has 3 fully saturated rings. The van der Waals surface area contributed by atoms with Gasteiger partial charge in [0.15, 0.2) is 9.84 Å². The number of aryl methyl sites for hydroxylation is 1. The molecule has 2 N–H and O–H groups in total. The number of likely N-dealkylation sites (tertiary alicyclic amines) is 1. The number of hydrogen-bond donors (Lipinski definition) is 2. The molecule has 1 saturated carbocycles. The largest absolute Gasteiger partial charge is 0.421 e. The fourth-order valence-electron chi connectivity index (χ4n) is 6.59. The zero-order valence-electron chi connectivity index (χ0n) is 24.1. The summed E-state index contributed by atoms with van der Waals surface area (Å²) in [6.07, 6.45) is 0.553. The van der Waals surface area contributed by atoms with Crippen molar-refractivity contribution in [2.75, 3.05) is 36.4 Å². The highest BCUT2D eigenvalue weighted by Crippen LogP contribution is 2.53. The number of rotatable bonds is 6. The molecule has 5 rings (SSSR count). The lowest BCUT2D eigenvalue weighted by Gasteiger charge is -2.52. The first kappa shape index (κ1) is 30.0. The van der Waals surface area contributed by atoms with E-state index in [0.29, 0.717) is 49.5 Å². The van der Waals surface area contributed by atoms with E-state index in [1.54, 1.807) is 32.0 Å². The highest BCUT2D eigenvalue weighted by Gasteiger charge is 2.51. The summed E-state index contributed by atoms with van der Waals surface area (Å²) in [7, 11) is -3.50. The molecule has 0 radical (unpaired) electrons. The van der Waals surface area contributed by atoms with Gasteiger partial charge in [-0.1, -0.05) is 0 Å². The van der Waals surface area contributed by atoms with Gasteiger partial charge in [-0.3, -0.25) is 0 Å². The summed E-state index contributed by atoms with van der Waals surface area (Å²) in [6, 6.07) is 5.27. The number of nitrogens with one attached hydrogen (secondary N) is 1. The van der Waals surface area contributed by atoms with Gasteiger partial charge in [0.05, 0.1) is 15.7 Å². The summed E-state index contributed by atoms with van der Waals surface area (Å²) in [5, 5.41) is 13.0. The second-order valence-corrected chi connectivity index (χ2v) is 15.0. The Kier molecular flexibility index (Phi) is 7.82. The van der Waals surface area contributed by atoms with Gasteiger partial charge in [0.25, 0.3) is 0 Å². The molecule has 12 heteroatoms. The number of piperidine rings is 2. The molecule has 1 spiro atoms. The minimum atomic E-state index is -4.66. The molecular formula is C29H40F3N5O3S. The van der Waals surface area contributed by atoms with Crippen LogP contribution in [-0.2, 0) is 16.0 Å². The molecule has 0 bridgehead atoms. The Morgan fingerprint density at radius 1 is 1.12 bits per heavy atom. The van der Waals surface area contributed by atoms with Crippen LogP contribution >= 0.6 is 0 Å². The lowest BCUT2D eigenvalue weighted by Crippen LogP contribution is -2.52. The van der Waals surface area contributed by atoms with Crippen LogP contribution in [0.1, 0.15) is 70.4 Å². The predicted molar refractivity (Wildman–Crippen MR) is 152 cm³/mol. The van der Waals surface area contributed by atoms with E-state index in [-0.39, 0.29) is 28.6 Å². The second-order valence-electron chi connectivity index (χ2n) is 12.8. The third-order valence-electron chi connectivity index (χ3n) is 9.17. The van der Waals surface area contributed by atoms with Crippen LogP contribution in [0.25, 0.3) is 0 Å². The molecule has 3 aliphatic rings. The fraction of sp³-hybridized carbons (Fsp3) is 0.655. The molecule has 2 saturated heterocycles. The Bertz CT molecular complexity index is 1380. The molecule has 1 aromatic carbocycles. The van der Waals surface area contributed by atoms with E-state index in [4.69, 9.17) is 0 Å². The summed E-state index contributed by atoms with van der Waals surface area (Å²) in [5.41, 5.74) is -0.836. The van der Waals surface area contributed by atoms with Crippen molar-refractivity contribution >= 4 is 27.3 Å². The van der Waals surface area contributed by atoms with Crippen LogP contribution in [0.15, 0.2) is 29.3 Å². The first-order valence-electron chi connectivity index (χ1n) is 14.4. The molecule has 226 valence electrons. The van der Waals surface area contributed by atoms with Crippen molar-refractivity contribution in [1.29, 1.82) is 0 Å². The summed E-state index contributed by atoms with van der Waals surface area (Å²) in [5.74, 6) is -0.324. The number of sulfone groups is 1. The minimum absolute atomic E-state index is 0.0244. The molecule has 2 aliphatic heterocycles. The maximum absolute atomic E-state index is 13.8. The average Bonchev–Trinajstić information content (AvgIpc) is 2.87. The smallest absolute Gasteiger partial charge is 0.388 e. The van der Waals surface area contributed by atoms with Crippen molar-refractivity contribution in [3.8, 4) is 0 Å². The Hall–Kier alpha value is -2.44. The van der Waals surface area contributed by atoms with Gasteiger partial charge >= 0.3 is 6.18 Å². The van der Waals surface area contributed by atoms with E-state index in [1.165, 1.54) is 4.90 Å². The molecule has 2 aromatic rings. The van der Waals surface area contributed by atoms with Gasteiger partial charge < -0.3 is 20.2 Å². The number of aromatic nitrogens is 2. The van der Waals surface area contributed by atoms with Crippen LogP contribution in [-0.4, -0.2) is 71.5 Å². The topological polar surface area (TPSA) is 98.7 Å². The number of benzene rings is 1. The number of aliphatic hydroxyl groups is 1. The fourth-order valence-corrected chi connectivity index (χ4v) is 8.72. The standard InChI is InChI=1S/C29H40F3N5O3S/c1-19(2)36-12-9-28(10-13-36)15-22(16-28)41(39,40)21-6-7-24(20(3)14-21)34-26-33-17-23(29(30,31)32)25(35-26)37-11-5-8-27(4,38)18-37/h6-7,14,17,19,22,38H,5,8-13,15-16,18H2,1-4H3,(H,33,34,35)/t27-/m1/s1. The van der Waals surface area contributed by atoms with Gasteiger partial charge in [0.2, 0.25) is 5.95 Å². The maximum Gasteiger partial charge on any atom is 0.421 e. The Morgan fingerprint density at radius 2 is 1.80 bits per heavy atom.